The third-order valence-corrected chi connectivity index (χ3v) is 3.23. The molecular formula is C9H6ClF3N2O5S. The van der Waals surface area contributed by atoms with E-state index in [-0.39, 0.29) is 0 Å². The highest BCUT2D eigenvalue weighted by atomic mass is 35.7. The van der Waals surface area contributed by atoms with Crippen LogP contribution in [-0.4, -0.2) is 38.6 Å². The van der Waals surface area contributed by atoms with Crippen LogP contribution in [0, 0.1) is 0 Å². The summed E-state index contributed by atoms with van der Waals surface area (Å²) in [5.74, 6) is -3.52. The molecule has 0 saturated carbocycles. The molecule has 0 radical (unpaired) electrons. The molecule has 1 aromatic heterocycles. The van der Waals surface area contributed by atoms with Crippen LogP contribution in [0.4, 0.5) is 18.9 Å². The number of amides is 1. The van der Waals surface area contributed by atoms with E-state index in [1.165, 1.54) is 5.32 Å². The number of hydrogen-bond donors (Lipinski definition) is 1. The van der Waals surface area contributed by atoms with Gasteiger partial charge in [-0.3, -0.25) is 4.79 Å². The third-order valence-electron chi connectivity index (χ3n) is 2.00. The smallest absolute Gasteiger partial charge is 0.465 e. The van der Waals surface area contributed by atoms with E-state index in [9.17, 15) is 31.2 Å². The number of methoxy groups -OCH3 is 1. The van der Waals surface area contributed by atoms with Crippen LogP contribution >= 0.6 is 10.7 Å². The summed E-state index contributed by atoms with van der Waals surface area (Å²) in [6.45, 7) is 0. The van der Waals surface area contributed by atoms with Crippen molar-refractivity contribution in [2.75, 3.05) is 12.4 Å². The highest BCUT2D eigenvalue weighted by molar-refractivity contribution is 8.13. The summed E-state index contributed by atoms with van der Waals surface area (Å²) < 4.78 is 62.9. The Bertz CT molecular complexity index is 689. The molecule has 12 heteroatoms. The standard InChI is InChI=1S/C9H6ClF3N2O5S/c1-20-7(16)5-2-4(15-8(17)9(11,12)13)3-14-6(5)21(10,18)19/h2-3H,1H3,(H,15,17). The summed E-state index contributed by atoms with van der Waals surface area (Å²) in [5, 5.41) is 0.506. The van der Waals surface area contributed by atoms with E-state index in [4.69, 9.17) is 10.7 Å². The van der Waals surface area contributed by atoms with Crippen LogP contribution in [0.25, 0.3) is 0 Å². The largest absolute Gasteiger partial charge is 0.471 e. The number of anilines is 1. The Morgan fingerprint density at radius 2 is 1.95 bits per heavy atom. The average Bonchev–Trinajstić information content (AvgIpc) is 2.35. The van der Waals surface area contributed by atoms with Gasteiger partial charge in [-0.15, -0.1) is 0 Å². The molecule has 7 nitrogen and oxygen atoms in total. The van der Waals surface area contributed by atoms with E-state index in [2.05, 4.69) is 9.72 Å². The predicted octanol–water partition coefficient (Wildman–Crippen LogP) is 1.30. The van der Waals surface area contributed by atoms with Crippen LogP contribution in [0.1, 0.15) is 10.4 Å². The second kappa shape index (κ2) is 5.85. The van der Waals surface area contributed by atoms with Crippen molar-refractivity contribution in [3.63, 3.8) is 0 Å². The maximum absolute atomic E-state index is 12.1. The average molecular weight is 347 g/mol. The fourth-order valence-corrected chi connectivity index (χ4v) is 2.13. The highest BCUT2D eigenvalue weighted by Crippen LogP contribution is 2.23. The molecule has 0 saturated heterocycles. The number of hydrogen-bond acceptors (Lipinski definition) is 6. The van der Waals surface area contributed by atoms with E-state index in [1.807, 2.05) is 0 Å². The Morgan fingerprint density at radius 1 is 1.38 bits per heavy atom. The predicted molar refractivity (Wildman–Crippen MR) is 63.3 cm³/mol. The first kappa shape index (κ1) is 17.2. The summed E-state index contributed by atoms with van der Waals surface area (Å²) in [6, 6.07) is 0.651. The molecule has 0 atom stereocenters. The van der Waals surface area contributed by atoms with Crippen LogP contribution in [-0.2, 0) is 18.6 Å². The van der Waals surface area contributed by atoms with E-state index < -0.39 is 43.4 Å². The number of carbonyl (C=O) groups is 2. The quantitative estimate of drug-likeness (QED) is 0.653. The minimum atomic E-state index is -5.16. The van der Waals surface area contributed by atoms with Gasteiger partial charge < -0.3 is 10.1 Å². The maximum Gasteiger partial charge on any atom is 0.471 e. The van der Waals surface area contributed by atoms with Gasteiger partial charge in [0.1, 0.15) is 5.56 Å². The molecule has 1 rings (SSSR count). The molecule has 0 aliphatic rings. The molecule has 0 aliphatic heterocycles. The van der Waals surface area contributed by atoms with Gasteiger partial charge in [0.2, 0.25) is 0 Å². The first-order chi connectivity index (χ1) is 9.46. The van der Waals surface area contributed by atoms with Gasteiger partial charge in [-0.05, 0) is 6.07 Å². The van der Waals surface area contributed by atoms with E-state index in [1.54, 1.807) is 0 Å². The fraction of sp³-hybridized carbons (Fsp3) is 0.222. The normalized spacial score (nSPS) is 11.9. The number of nitrogens with zero attached hydrogens (tertiary/aromatic N) is 1. The summed E-state index contributed by atoms with van der Waals surface area (Å²) in [4.78, 5) is 25.4. The first-order valence-corrected chi connectivity index (χ1v) is 7.19. The van der Waals surface area contributed by atoms with Crippen molar-refractivity contribution in [2.24, 2.45) is 0 Å². The first-order valence-electron chi connectivity index (χ1n) is 4.88. The SMILES string of the molecule is COC(=O)c1cc(NC(=O)C(F)(F)F)cnc1S(=O)(=O)Cl. The van der Waals surface area contributed by atoms with Crippen LogP contribution < -0.4 is 5.32 Å². The molecule has 116 valence electrons. The van der Waals surface area contributed by atoms with Gasteiger partial charge in [0.15, 0.2) is 5.03 Å². The number of pyridine rings is 1. The van der Waals surface area contributed by atoms with Crippen molar-refractivity contribution >= 4 is 37.3 Å². The van der Waals surface area contributed by atoms with Crippen LogP contribution in [0.15, 0.2) is 17.3 Å². The Morgan fingerprint density at radius 3 is 2.38 bits per heavy atom. The van der Waals surface area contributed by atoms with Crippen molar-refractivity contribution < 1.29 is 35.9 Å². The van der Waals surface area contributed by atoms with Gasteiger partial charge >= 0.3 is 18.1 Å². The second-order valence-corrected chi connectivity index (χ2v) is 5.94. The Kier molecular flexibility index (Phi) is 4.79. The molecule has 1 heterocycles. The molecule has 1 amide bonds. The van der Waals surface area contributed by atoms with Gasteiger partial charge in [-0.25, -0.2) is 18.2 Å². The van der Waals surface area contributed by atoms with E-state index >= 15 is 0 Å². The molecule has 1 N–H and O–H groups in total. The number of nitrogens with one attached hydrogen (secondary N) is 1. The van der Waals surface area contributed by atoms with Crippen molar-refractivity contribution in [3.05, 3.63) is 17.8 Å². The minimum absolute atomic E-state index is 0.554. The lowest BCUT2D eigenvalue weighted by molar-refractivity contribution is -0.167. The second-order valence-electron chi connectivity index (χ2n) is 3.46. The maximum atomic E-state index is 12.1. The van der Waals surface area contributed by atoms with Crippen molar-refractivity contribution in [1.82, 2.24) is 4.98 Å². The number of rotatable bonds is 3. The zero-order chi connectivity index (χ0) is 16.4. The number of esters is 1. The summed E-state index contributed by atoms with van der Waals surface area (Å²) in [7, 11) is 1.50. The Labute approximate surface area is 120 Å². The molecule has 0 unspecified atom stereocenters. The summed E-state index contributed by atoms with van der Waals surface area (Å²) in [5.41, 5.74) is -1.27. The highest BCUT2D eigenvalue weighted by Gasteiger charge is 2.39. The molecule has 0 fully saturated rings. The number of halogens is 4. The lowest BCUT2D eigenvalue weighted by Gasteiger charge is -2.10. The monoisotopic (exact) mass is 346 g/mol. The fourth-order valence-electron chi connectivity index (χ4n) is 1.17. The van der Waals surface area contributed by atoms with Gasteiger partial charge in [-0.1, -0.05) is 0 Å². The molecule has 21 heavy (non-hydrogen) atoms. The van der Waals surface area contributed by atoms with Gasteiger partial charge in [-0.2, -0.15) is 13.2 Å². The minimum Gasteiger partial charge on any atom is -0.465 e. The van der Waals surface area contributed by atoms with Gasteiger partial charge in [0.05, 0.1) is 19.0 Å². The molecule has 0 bridgehead atoms. The van der Waals surface area contributed by atoms with Gasteiger partial charge in [0.25, 0.3) is 9.05 Å². The van der Waals surface area contributed by atoms with Crippen molar-refractivity contribution in [2.45, 2.75) is 11.2 Å². The molecule has 0 aromatic carbocycles. The number of ether oxygens (including phenoxy) is 1. The molecule has 1 aromatic rings. The van der Waals surface area contributed by atoms with Gasteiger partial charge in [0, 0.05) is 10.7 Å². The van der Waals surface area contributed by atoms with Crippen molar-refractivity contribution in [1.29, 1.82) is 0 Å². The molecule has 0 spiro atoms. The van der Waals surface area contributed by atoms with Crippen molar-refractivity contribution in [3.8, 4) is 0 Å². The zero-order valence-corrected chi connectivity index (χ0v) is 11.6. The third kappa shape index (κ3) is 4.29. The van der Waals surface area contributed by atoms with E-state index in [0.29, 0.717) is 12.3 Å². The number of aromatic nitrogens is 1. The van der Waals surface area contributed by atoms with Crippen LogP contribution in [0.3, 0.4) is 0 Å². The number of alkyl halides is 3. The van der Waals surface area contributed by atoms with Crippen LogP contribution in [0.2, 0.25) is 0 Å². The zero-order valence-electron chi connectivity index (χ0n) is 10.1. The van der Waals surface area contributed by atoms with E-state index in [0.717, 1.165) is 7.11 Å². The summed E-state index contributed by atoms with van der Waals surface area (Å²) in [6.07, 6.45) is -4.56. The Balaban J connectivity index is 3.29. The molecule has 0 aliphatic carbocycles. The lowest BCUT2D eigenvalue weighted by atomic mass is 10.2. The number of carbonyl (C=O) groups excluding carboxylic acids is 2. The summed E-state index contributed by atoms with van der Waals surface area (Å²) >= 11 is 0. The topological polar surface area (TPSA) is 102 Å². The lowest BCUT2D eigenvalue weighted by Crippen LogP contribution is -2.30. The molecular weight excluding hydrogens is 341 g/mol. The van der Waals surface area contributed by atoms with Crippen LogP contribution in [0.5, 0.6) is 0 Å². The Hall–Kier alpha value is -1.88.